The van der Waals surface area contributed by atoms with Crippen LogP contribution in [0, 0.1) is 19.3 Å². The lowest BCUT2D eigenvalue weighted by Crippen LogP contribution is -2.02. The normalized spacial score (nSPS) is 9.21. The van der Waals surface area contributed by atoms with Gasteiger partial charge in [-0.1, -0.05) is 6.07 Å². The van der Waals surface area contributed by atoms with Crippen molar-refractivity contribution in [2.75, 3.05) is 19.0 Å². The summed E-state index contributed by atoms with van der Waals surface area (Å²) in [6.07, 6.45) is 5.89. The Labute approximate surface area is 85.3 Å². The van der Waals surface area contributed by atoms with E-state index in [1.807, 2.05) is 19.1 Å². The van der Waals surface area contributed by atoms with Gasteiger partial charge in [0.15, 0.2) is 0 Å². The van der Waals surface area contributed by atoms with Crippen molar-refractivity contribution in [3.8, 4) is 18.1 Å². The SMILES string of the molecule is C#CCCNc1cc(C)ccc1OC. The molecule has 0 saturated carbocycles. The molecule has 0 amide bonds. The van der Waals surface area contributed by atoms with Crippen LogP contribution in [0.15, 0.2) is 18.2 Å². The molecule has 0 heterocycles. The highest BCUT2D eigenvalue weighted by Crippen LogP contribution is 2.24. The Kier molecular flexibility index (Phi) is 3.87. The summed E-state index contributed by atoms with van der Waals surface area (Å²) in [7, 11) is 1.66. The molecule has 14 heavy (non-hydrogen) atoms. The van der Waals surface area contributed by atoms with E-state index < -0.39 is 0 Å². The molecule has 1 N–H and O–H groups in total. The predicted molar refractivity (Wildman–Crippen MR) is 59.7 cm³/mol. The van der Waals surface area contributed by atoms with Crippen molar-refractivity contribution in [3.63, 3.8) is 0 Å². The molecule has 1 aromatic carbocycles. The van der Waals surface area contributed by atoms with Gasteiger partial charge in [0, 0.05) is 13.0 Å². The zero-order valence-electron chi connectivity index (χ0n) is 8.63. The van der Waals surface area contributed by atoms with Gasteiger partial charge in [0.05, 0.1) is 12.8 Å². The van der Waals surface area contributed by atoms with Crippen molar-refractivity contribution in [3.05, 3.63) is 23.8 Å². The third-order valence-electron chi connectivity index (χ3n) is 1.94. The van der Waals surface area contributed by atoms with Crippen molar-refractivity contribution < 1.29 is 4.74 Å². The maximum atomic E-state index is 5.22. The fourth-order valence-electron chi connectivity index (χ4n) is 1.23. The second kappa shape index (κ2) is 5.18. The van der Waals surface area contributed by atoms with Gasteiger partial charge in [0.25, 0.3) is 0 Å². The maximum Gasteiger partial charge on any atom is 0.141 e. The summed E-state index contributed by atoms with van der Waals surface area (Å²) in [6.45, 7) is 2.82. The Bertz CT molecular complexity index is 339. The third-order valence-corrected chi connectivity index (χ3v) is 1.94. The molecular formula is C12H15NO. The van der Waals surface area contributed by atoms with E-state index in [1.165, 1.54) is 5.56 Å². The minimum Gasteiger partial charge on any atom is -0.495 e. The average molecular weight is 189 g/mol. The van der Waals surface area contributed by atoms with Crippen LogP contribution < -0.4 is 10.1 Å². The van der Waals surface area contributed by atoms with Crippen molar-refractivity contribution in [1.29, 1.82) is 0 Å². The molecule has 0 fully saturated rings. The molecule has 0 aliphatic heterocycles. The summed E-state index contributed by atoms with van der Waals surface area (Å²) in [5.74, 6) is 3.44. The topological polar surface area (TPSA) is 21.3 Å². The first-order valence-corrected chi connectivity index (χ1v) is 4.60. The average Bonchev–Trinajstić information content (AvgIpc) is 2.19. The number of rotatable bonds is 4. The number of terminal acetylenes is 1. The first-order valence-electron chi connectivity index (χ1n) is 4.60. The standard InChI is InChI=1S/C12H15NO/c1-4-5-8-13-11-9-10(2)6-7-12(11)14-3/h1,6-7,9,13H,5,8H2,2-3H3. The van der Waals surface area contributed by atoms with Crippen molar-refractivity contribution >= 4 is 5.69 Å². The van der Waals surface area contributed by atoms with Crippen LogP contribution in [-0.4, -0.2) is 13.7 Å². The highest BCUT2D eigenvalue weighted by atomic mass is 16.5. The van der Waals surface area contributed by atoms with Gasteiger partial charge in [-0.05, 0) is 24.6 Å². The minimum atomic E-state index is 0.719. The molecule has 0 spiro atoms. The number of nitrogens with one attached hydrogen (secondary N) is 1. The summed E-state index contributed by atoms with van der Waals surface area (Å²) in [6, 6.07) is 6.02. The second-order valence-electron chi connectivity index (χ2n) is 3.08. The van der Waals surface area contributed by atoms with Gasteiger partial charge < -0.3 is 10.1 Å². The number of ether oxygens (including phenoxy) is 1. The molecule has 0 unspecified atom stereocenters. The van der Waals surface area contributed by atoms with Crippen molar-refractivity contribution in [2.45, 2.75) is 13.3 Å². The van der Waals surface area contributed by atoms with Gasteiger partial charge in [-0.15, -0.1) is 12.3 Å². The van der Waals surface area contributed by atoms with Crippen LogP contribution in [0.1, 0.15) is 12.0 Å². The van der Waals surface area contributed by atoms with Gasteiger partial charge in [-0.3, -0.25) is 0 Å². The van der Waals surface area contributed by atoms with Crippen molar-refractivity contribution in [2.24, 2.45) is 0 Å². The lowest BCUT2D eigenvalue weighted by molar-refractivity contribution is 0.416. The number of hydrogen-bond donors (Lipinski definition) is 1. The first kappa shape index (κ1) is 10.5. The van der Waals surface area contributed by atoms with Gasteiger partial charge in [0.2, 0.25) is 0 Å². The fourth-order valence-corrected chi connectivity index (χ4v) is 1.23. The number of anilines is 1. The van der Waals surface area contributed by atoms with Crippen molar-refractivity contribution in [1.82, 2.24) is 0 Å². The number of methoxy groups -OCH3 is 1. The monoisotopic (exact) mass is 189 g/mol. The number of hydrogen-bond acceptors (Lipinski definition) is 2. The molecule has 0 radical (unpaired) electrons. The molecule has 0 atom stereocenters. The largest absolute Gasteiger partial charge is 0.495 e. The van der Waals surface area contributed by atoms with E-state index in [2.05, 4.69) is 17.3 Å². The molecule has 0 aliphatic carbocycles. The molecule has 1 rings (SSSR count). The molecule has 0 saturated heterocycles. The molecule has 0 aromatic heterocycles. The van der Waals surface area contributed by atoms with Crippen LogP contribution in [0.3, 0.4) is 0 Å². The Morgan fingerprint density at radius 2 is 2.29 bits per heavy atom. The summed E-state index contributed by atoms with van der Waals surface area (Å²) >= 11 is 0. The molecular weight excluding hydrogens is 174 g/mol. The minimum absolute atomic E-state index is 0.719. The Hall–Kier alpha value is -1.62. The van der Waals surface area contributed by atoms with Crippen LogP contribution >= 0.6 is 0 Å². The van der Waals surface area contributed by atoms with E-state index in [0.717, 1.165) is 24.4 Å². The van der Waals surface area contributed by atoms with E-state index in [0.29, 0.717) is 0 Å². The second-order valence-corrected chi connectivity index (χ2v) is 3.08. The lowest BCUT2D eigenvalue weighted by atomic mass is 10.2. The van der Waals surface area contributed by atoms with Gasteiger partial charge in [-0.2, -0.15) is 0 Å². The molecule has 2 nitrogen and oxygen atoms in total. The van der Waals surface area contributed by atoms with Crippen LogP contribution in [0.4, 0.5) is 5.69 Å². The van der Waals surface area contributed by atoms with E-state index in [9.17, 15) is 0 Å². The van der Waals surface area contributed by atoms with E-state index in [-0.39, 0.29) is 0 Å². The van der Waals surface area contributed by atoms with E-state index in [1.54, 1.807) is 7.11 Å². The Balaban J connectivity index is 2.73. The van der Waals surface area contributed by atoms with Gasteiger partial charge in [0.1, 0.15) is 5.75 Å². The highest BCUT2D eigenvalue weighted by molar-refractivity contribution is 5.57. The number of aryl methyl sites for hydroxylation is 1. The molecule has 1 aromatic rings. The summed E-state index contributed by atoms with van der Waals surface area (Å²) < 4.78 is 5.22. The summed E-state index contributed by atoms with van der Waals surface area (Å²) in [5.41, 5.74) is 2.21. The first-order chi connectivity index (χ1) is 6.77. The van der Waals surface area contributed by atoms with Crippen LogP contribution in [0.25, 0.3) is 0 Å². The maximum absolute atomic E-state index is 5.22. The zero-order valence-corrected chi connectivity index (χ0v) is 8.63. The molecule has 0 bridgehead atoms. The zero-order chi connectivity index (χ0) is 10.4. The van der Waals surface area contributed by atoms with Crippen LogP contribution in [-0.2, 0) is 0 Å². The Morgan fingerprint density at radius 1 is 1.50 bits per heavy atom. The molecule has 0 aliphatic rings. The van der Waals surface area contributed by atoms with Crippen LogP contribution in [0.2, 0.25) is 0 Å². The Morgan fingerprint density at radius 3 is 2.93 bits per heavy atom. The number of benzene rings is 1. The fraction of sp³-hybridized carbons (Fsp3) is 0.333. The smallest absolute Gasteiger partial charge is 0.141 e. The van der Waals surface area contributed by atoms with E-state index in [4.69, 9.17) is 11.2 Å². The molecule has 74 valence electrons. The van der Waals surface area contributed by atoms with Gasteiger partial charge in [-0.25, -0.2) is 0 Å². The van der Waals surface area contributed by atoms with Gasteiger partial charge >= 0.3 is 0 Å². The lowest BCUT2D eigenvalue weighted by Gasteiger charge is -2.10. The summed E-state index contributed by atoms with van der Waals surface area (Å²) in [4.78, 5) is 0. The predicted octanol–water partition coefficient (Wildman–Crippen LogP) is 2.44. The van der Waals surface area contributed by atoms with E-state index >= 15 is 0 Å². The summed E-state index contributed by atoms with van der Waals surface area (Å²) in [5, 5.41) is 3.24. The highest BCUT2D eigenvalue weighted by Gasteiger charge is 2.00. The quantitative estimate of drug-likeness (QED) is 0.580. The molecule has 2 heteroatoms. The third kappa shape index (κ3) is 2.70. The van der Waals surface area contributed by atoms with Crippen LogP contribution in [0.5, 0.6) is 5.75 Å².